The van der Waals surface area contributed by atoms with Crippen LogP contribution < -0.4 is 5.32 Å². The monoisotopic (exact) mass is 207 g/mol. The van der Waals surface area contributed by atoms with Crippen LogP contribution in [0.15, 0.2) is 24.3 Å². The molecule has 0 spiro atoms. The van der Waals surface area contributed by atoms with Crippen molar-refractivity contribution in [1.29, 1.82) is 0 Å². The smallest absolute Gasteiger partial charge is 0.0561 e. The van der Waals surface area contributed by atoms with Crippen LogP contribution in [0.5, 0.6) is 0 Å². The number of rotatable bonds is 5. The van der Waals surface area contributed by atoms with Crippen molar-refractivity contribution >= 4 is 0 Å². The van der Waals surface area contributed by atoms with Crippen molar-refractivity contribution in [2.24, 2.45) is 0 Å². The summed E-state index contributed by atoms with van der Waals surface area (Å²) < 4.78 is 5.29. The molecule has 1 rings (SSSR count). The second kappa shape index (κ2) is 5.89. The third-order valence-electron chi connectivity index (χ3n) is 2.80. The summed E-state index contributed by atoms with van der Waals surface area (Å²) in [6.07, 6.45) is 1.28. The Labute approximate surface area is 92.6 Å². The molecule has 84 valence electrons. The first-order valence-corrected chi connectivity index (χ1v) is 5.44. The lowest BCUT2D eigenvalue weighted by Gasteiger charge is -2.20. The van der Waals surface area contributed by atoms with Gasteiger partial charge in [-0.15, -0.1) is 0 Å². The van der Waals surface area contributed by atoms with E-state index in [-0.39, 0.29) is 6.10 Å². The summed E-state index contributed by atoms with van der Waals surface area (Å²) in [5.41, 5.74) is 2.63. The maximum absolute atomic E-state index is 5.29. The topological polar surface area (TPSA) is 21.3 Å². The van der Waals surface area contributed by atoms with Gasteiger partial charge in [0.2, 0.25) is 0 Å². The predicted molar refractivity (Wildman–Crippen MR) is 64.1 cm³/mol. The Kier molecular flexibility index (Phi) is 4.79. The number of hydrogen-bond acceptors (Lipinski definition) is 2. The van der Waals surface area contributed by atoms with Gasteiger partial charge in [-0.25, -0.2) is 0 Å². The number of ether oxygens (including phenoxy) is 1. The highest BCUT2D eigenvalue weighted by atomic mass is 16.5. The van der Waals surface area contributed by atoms with Crippen LogP contribution in [0.1, 0.15) is 30.5 Å². The van der Waals surface area contributed by atoms with Crippen molar-refractivity contribution in [3.63, 3.8) is 0 Å². The summed E-state index contributed by atoms with van der Waals surface area (Å²) in [6, 6.07) is 9.03. The molecule has 0 aliphatic carbocycles. The summed E-state index contributed by atoms with van der Waals surface area (Å²) in [5.74, 6) is 0. The zero-order valence-corrected chi connectivity index (χ0v) is 10.1. The minimum Gasteiger partial charge on any atom is -0.382 e. The fourth-order valence-corrected chi connectivity index (χ4v) is 1.65. The minimum absolute atomic E-state index is 0.281. The van der Waals surface area contributed by atoms with Gasteiger partial charge in [0, 0.05) is 13.2 Å². The van der Waals surface area contributed by atoms with E-state index in [1.165, 1.54) is 11.1 Å². The summed E-state index contributed by atoms with van der Waals surface area (Å²) in [6.45, 7) is 4.20. The molecule has 0 radical (unpaired) electrons. The summed E-state index contributed by atoms with van der Waals surface area (Å²) in [7, 11) is 3.75. The molecule has 1 N–H and O–H groups in total. The van der Waals surface area contributed by atoms with Crippen LogP contribution in [0.2, 0.25) is 0 Å². The van der Waals surface area contributed by atoms with Crippen molar-refractivity contribution in [3.05, 3.63) is 35.4 Å². The molecule has 0 aliphatic rings. The van der Waals surface area contributed by atoms with Crippen molar-refractivity contribution in [2.75, 3.05) is 14.2 Å². The summed E-state index contributed by atoms with van der Waals surface area (Å²) in [4.78, 5) is 0. The molecule has 0 heterocycles. The van der Waals surface area contributed by atoms with E-state index in [0.29, 0.717) is 6.04 Å². The fourth-order valence-electron chi connectivity index (χ4n) is 1.65. The van der Waals surface area contributed by atoms with Gasteiger partial charge >= 0.3 is 0 Å². The summed E-state index contributed by atoms with van der Waals surface area (Å²) in [5, 5.41) is 3.32. The molecule has 1 aromatic carbocycles. The van der Waals surface area contributed by atoms with Crippen LogP contribution in [-0.2, 0) is 4.74 Å². The Morgan fingerprint density at radius 3 is 2.33 bits per heavy atom. The number of aryl methyl sites for hydroxylation is 1. The molecular weight excluding hydrogens is 186 g/mol. The lowest BCUT2D eigenvalue weighted by molar-refractivity contribution is 0.101. The Morgan fingerprint density at radius 1 is 1.27 bits per heavy atom. The minimum atomic E-state index is 0.281. The molecule has 0 aromatic heterocycles. The Bertz CT molecular complexity index is 281. The van der Waals surface area contributed by atoms with Gasteiger partial charge in [-0.05, 0) is 32.9 Å². The van der Waals surface area contributed by atoms with Crippen LogP contribution in [0, 0.1) is 6.92 Å². The van der Waals surface area contributed by atoms with Gasteiger partial charge in [0.05, 0.1) is 6.10 Å². The van der Waals surface area contributed by atoms with E-state index in [2.05, 4.69) is 43.4 Å². The Balaban J connectivity index is 2.69. The lowest BCUT2D eigenvalue weighted by Crippen LogP contribution is -2.21. The predicted octanol–water partition coefficient (Wildman–Crippen LogP) is 2.68. The van der Waals surface area contributed by atoms with E-state index < -0.39 is 0 Å². The van der Waals surface area contributed by atoms with Crippen LogP contribution >= 0.6 is 0 Å². The van der Waals surface area contributed by atoms with Crippen LogP contribution in [-0.4, -0.2) is 20.3 Å². The average molecular weight is 207 g/mol. The van der Waals surface area contributed by atoms with E-state index in [0.717, 1.165) is 6.42 Å². The van der Waals surface area contributed by atoms with Gasteiger partial charge in [-0.3, -0.25) is 0 Å². The zero-order chi connectivity index (χ0) is 11.3. The third kappa shape index (κ3) is 3.65. The molecule has 0 bridgehead atoms. The highest BCUT2D eigenvalue weighted by Gasteiger charge is 2.12. The normalized spacial score (nSPS) is 14.9. The molecule has 2 heteroatoms. The first-order chi connectivity index (χ1) is 7.17. The van der Waals surface area contributed by atoms with E-state index in [1.54, 1.807) is 7.11 Å². The van der Waals surface area contributed by atoms with Crippen molar-refractivity contribution in [3.8, 4) is 0 Å². The van der Waals surface area contributed by atoms with E-state index in [1.807, 2.05) is 7.05 Å². The maximum atomic E-state index is 5.29. The van der Waals surface area contributed by atoms with Crippen molar-refractivity contribution in [1.82, 2.24) is 5.32 Å². The first kappa shape index (κ1) is 12.2. The average Bonchev–Trinajstić information content (AvgIpc) is 2.27. The van der Waals surface area contributed by atoms with Crippen molar-refractivity contribution in [2.45, 2.75) is 32.4 Å². The van der Waals surface area contributed by atoms with E-state index in [9.17, 15) is 0 Å². The largest absolute Gasteiger partial charge is 0.382 e. The van der Waals surface area contributed by atoms with Crippen LogP contribution in [0.3, 0.4) is 0 Å². The first-order valence-electron chi connectivity index (χ1n) is 5.44. The standard InChI is InChI=1S/C13H21NO/c1-10-5-7-12(8-6-10)13(14-3)9-11(2)15-4/h5-8,11,13-14H,9H2,1-4H3. The quantitative estimate of drug-likeness (QED) is 0.801. The maximum Gasteiger partial charge on any atom is 0.0561 e. The highest BCUT2D eigenvalue weighted by molar-refractivity contribution is 5.24. The molecule has 0 amide bonds. The van der Waals surface area contributed by atoms with Gasteiger partial charge in [0.15, 0.2) is 0 Å². The molecular formula is C13H21NO. The Hall–Kier alpha value is -0.860. The molecule has 0 saturated heterocycles. The number of hydrogen-bond donors (Lipinski definition) is 1. The molecule has 1 aromatic rings. The molecule has 0 saturated carbocycles. The Morgan fingerprint density at radius 2 is 1.87 bits per heavy atom. The van der Waals surface area contributed by atoms with Crippen molar-refractivity contribution < 1.29 is 4.74 Å². The fraction of sp³-hybridized carbons (Fsp3) is 0.538. The van der Waals surface area contributed by atoms with Gasteiger partial charge in [0.1, 0.15) is 0 Å². The second-order valence-corrected chi connectivity index (χ2v) is 4.03. The molecule has 0 fully saturated rings. The van der Waals surface area contributed by atoms with Crippen LogP contribution in [0.4, 0.5) is 0 Å². The summed E-state index contributed by atoms with van der Waals surface area (Å²) >= 11 is 0. The number of methoxy groups -OCH3 is 1. The molecule has 2 unspecified atom stereocenters. The van der Waals surface area contributed by atoms with E-state index >= 15 is 0 Å². The van der Waals surface area contributed by atoms with Gasteiger partial charge < -0.3 is 10.1 Å². The number of nitrogens with one attached hydrogen (secondary N) is 1. The SMILES string of the molecule is CNC(CC(C)OC)c1ccc(C)cc1. The highest BCUT2D eigenvalue weighted by Crippen LogP contribution is 2.19. The molecule has 2 atom stereocenters. The molecule has 0 aliphatic heterocycles. The zero-order valence-electron chi connectivity index (χ0n) is 10.1. The molecule has 15 heavy (non-hydrogen) atoms. The second-order valence-electron chi connectivity index (χ2n) is 4.03. The lowest BCUT2D eigenvalue weighted by atomic mass is 10.0. The van der Waals surface area contributed by atoms with Gasteiger partial charge in [-0.2, -0.15) is 0 Å². The van der Waals surface area contributed by atoms with Gasteiger partial charge in [-0.1, -0.05) is 29.8 Å². The van der Waals surface area contributed by atoms with Gasteiger partial charge in [0.25, 0.3) is 0 Å². The number of benzene rings is 1. The third-order valence-corrected chi connectivity index (χ3v) is 2.80. The van der Waals surface area contributed by atoms with E-state index in [4.69, 9.17) is 4.74 Å². The van der Waals surface area contributed by atoms with Crippen LogP contribution in [0.25, 0.3) is 0 Å². The molecule has 2 nitrogen and oxygen atoms in total.